The molecular formula is C12H24N2. The molecule has 2 aliphatic heterocycles. The Bertz CT molecular complexity index is 150. The van der Waals surface area contributed by atoms with E-state index in [0.29, 0.717) is 0 Å². The van der Waals surface area contributed by atoms with Crippen molar-refractivity contribution in [1.82, 2.24) is 10.6 Å². The lowest BCUT2D eigenvalue weighted by molar-refractivity contribution is 0.321. The minimum Gasteiger partial charge on any atom is -0.316 e. The third-order valence-corrected chi connectivity index (χ3v) is 2.71. The summed E-state index contributed by atoms with van der Waals surface area (Å²) in [5, 5.41) is 6.58. The van der Waals surface area contributed by atoms with Crippen LogP contribution in [0.5, 0.6) is 0 Å². The molecule has 0 bridgehead atoms. The Morgan fingerprint density at radius 3 is 1.93 bits per heavy atom. The molecular weight excluding hydrogens is 172 g/mol. The van der Waals surface area contributed by atoms with Gasteiger partial charge >= 0.3 is 0 Å². The molecule has 2 heteroatoms. The zero-order chi connectivity index (χ0) is 10.2. The lowest BCUT2D eigenvalue weighted by atomic mass is 9.94. The van der Waals surface area contributed by atoms with Crippen LogP contribution in [-0.2, 0) is 0 Å². The summed E-state index contributed by atoms with van der Waals surface area (Å²) in [7, 11) is 0. The van der Waals surface area contributed by atoms with Gasteiger partial charge in [-0.05, 0) is 44.3 Å². The highest BCUT2D eigenvalue weighted by molar-refractivity contribution is 4.88. The van der Waals surface area contributed by atoms with Crippen molar-refractivity contribution in [3.8, 4) is 0 Å². The van der Waals surface area contributed by atoms with E-state index in [1.807, 2.05) is 0 Å². The summed E-state index contributed by atoms with van der Waals surface area (Å²) in [6.45, 7) is 9.30. The smallest absolute Gasteiger partial charge is 0.0135 e. The molecule has 2 aliphatic rings. The molecule has 2 atom stereocenters. The molecule has 1 saturated heterocycles. The van der Waals surface area contributed by atoms with Crippen molar-refractivity contribution in [2.24, 2.45) is 11.8 Å². The Morgan fingerprint density at radius 1 is 1.00 bits per heavy atom. The number of rotatable bonds is 0. The maximum absolute atomic E-state index is 3.38. The summed E-state index contributed by atoms with van der Waals surface area (Å²) in [6, 6.07) is 0. The molecule has 0 aromatic rings. The van der Waals surface area contributed by atoms with Crippen LogP contribution in [0.3, 0.4) is 0 Å². The van der Waals surface area contributed by atoms with Crippen LogP contribution >= 0.6 is 0 Å². The first kappa shape index (κ1) is 11.7. The highest BCUT2D eigenvalue weighted by Gasteiger charge is 2.12. The van der Waals surface area contributed by atoms with Gasteiger partial charge in [0.25, 0.3) is 0 Å². The Labute approximate surface area is 88.2 Å². The second kappa shape index (κ2) is 7.02. The van der Waals surface area contributed by atoms with Gasteiger partial charge in [0.2, 0.25) is 0 Å². The Kier molecular flexibility index (Phi) is 5.88. The van der Waals surface area contributed by atoms with E-state index in [-0.39, 0.29) is 0 Å². The molecule has 2 unspecified atom stereocenters. The van der Waals surface area contributed by atoms with Crippen molar-refractivity contribution in [2.75, 3.05) is 26.2 Å². The van der Waals surface area contributed by atoms with Gasteiger partial charge in [0, 0.05) is 6.54 Å². The molecule has 2 heterocycles. The van der Waals surface area contributed by atoms with E-state index >= 15 is 0 Å². The molecule has 0 spiro atoms. The van der Waals surface area contributed by atoms with Crippen molar-refractivity contribution >= 4 is 0 Å². The topological polar surface area (TPSA) is 24.1 Å². The van der Waals surface area contributed by atoms with Crippen LogP contribution in [0.2, 0.25) is 0 Å². The molecule has 0 aliphatic carbocycles. The van der Waals surface area contributed by atoms with Crippen LogP contribution in [0.4, 0.5) is 0 Å². The minimum atomic E-state index is 0.902. The van der Waals surface area contributed by atoms with Gasteiger partial charge in [-0.25, -0.2) is 0 Å². The number of piperidine rings is 1. The van der Waals surface area contributed by atoms with Gasteiger partial charge in [-0.2, -0.15) is 0 Å². The molecule has 82 valence electrons. The van der Waals surface area contributed by atoms with Gasteiger partial charge < -0.3 is 10.6 Å². The van der Waals surface area contributed by atoms with E-state index in [4.69, 9.17) is 0 Å². The van der Waals surface area contributed by atoms with Crippen molar-refractivity contribution in [1.29, 1.82) is 0 Å². The Hall–Kier alpha value is -0.340. The third-order valence-electron chi connectivity index (χ3n) is 2.71. The van der Waals surface area contributed by atoms with E-state index in [2.05, 4.69) is 36.6 Å². The van der Waals surface area contributed by atoms with Gasteiger partial charge in [0.05, 0.1) is 0 Å². The lowest BCUT2D eigenvalue weighted by Gasteiger charge is -2.24. The van der Waals surface area contributed by atoms with E-state index in [0.717, 1.165) is 24.9 Å². The molecule has 2 rings (SSSR count). The van der Waals surface area contributed by atoms with Gasteiger partial charge in [0.15, 0.2) is 0 Å². The van der Waals surface area contributed by atoms with Gasteiger partial charge in [-0.1, -0.05) is 26.0 Å². The van der Waals surface area contributed by atoms with Crippen molar-refractivity contribution in [3.05, 3.63) is 12.2 Å². The molecule has 0 amide bonds. The molecule has 0 aromatic heterocycles. The van der Waals surface area contributed by atoms with Crippen molar-refractivity contribution in [2.45, 2.75) is 26.7 Å². The van der Waals surface area contributed by atoms with E-state index in [9.17, 15) is 0 Å². The second-order valence-electron chi connectivity index (χ2n) is 4.57. The first-order valence-corrected chi connectivity index (χ1v) is 5.85. The largest absolute Gasteiger partial charge is 0.316 e. The molecule has 1 fully saturated rings. The number of hydrogen-bond donors (Lipinski definition) is 2. The van der Waals surface area contributed by atoms with Crippen LogP contribution in [0.1, 0.15) is 26.7 Å². The predicted octanol–water partition coefficient (Wildman–Crippen LogP) is 1.79. The standard InChI is InChI=1S/C7H15N.C5H9N/c1-6-3-7(2)5-8-4-6;1-2-4-6-5-3-1/h6-8H,3-5H2,1-2H3;1-2,6H,3-5H2. The average molecular weight is 196 g/mol. The van der Waals surface area contributed by atoms with E-state index in [1.165, 1.54) is 25.9 Å². The minimum absolute atomic E-state index is 0.902. The SMILES string of the molecule is C1=CCNCC1.CC1CNCC(C)C1. The molecule has 0 radical (unpaired) electrons. The second-order valence-corrected chi connectivity index (χ2v) is 4.57. The van der Waals surface area contributed by atoms with Crippen LogP contribution in [0, 0.1) is 11.8 Å². The summed E-state index contributed by atoms with van der Waals surface area (Å²) < 4.78 is 0. The zero-order valence-electron chi connectivity index (χ0n) is 9.55. The molecule has 0 saturated carbocycles. The van der Waals surface area contributed by atoms with Crippen molar-refractivity contribution in [3.63, 3.8) is 0 Å². The third kappa shape index (κ3) is 5.40. The van der Waals surface area contributed by atoms with Crippen LogP contribution in [0.25, 0.3) is 0 Å². The molecule has 2 N–H and O–H groups in total. The first-order chi connectivity index (χ1) is 6.79. The summed E-state index contributed by atoms with van der Waals surface area (Å²) in [5.41, 5.74) is 0. The predicted molar refractivity (Wildman–Crippen MR) is 62.4 cm³/mol. The maximum Gasteiger partial charge on any atom is 0.0135 e. The molecule has 0 aromatic carbocycles. The fourth-order valence-electron chi connectivity index (χ4n) is 2.00. The zero-order valence-corrected chi connectivity index (χ0v) is 9.55. The normalized spacial score (nSPS) is 31.9. The summed E-state index contributed by atoms with van der Waals surface area (Å²) in [5.74, 6) is 1.80. The van der Waals surface area contributed by atoms with Gasteiger partial charge in [-0.15, -0.1) is 0 Å². The first-order valence-electron chi connectivity index (χ1n) is 5.85. The van der Waals surface area contributed by atoms with Gasteiger partial charge in [0.1, 0.15) is 0 Å². The summed E-state index contributed by atoms with van der Waals surface area (Å²) in [6.07, 6.45) is 6.98. The maximum atomic E-state index is 3.38. The molecule has 14 heavy (non-hydrogen) atoms. The molecule has 2 nitrogen and oxygen atoms in total. The van der Waals surface area contributed by atoms with E-state index < -0.39 is 0 Å². The number of hydrogen-bond acceptors (Lipinski definition) is 2. The summed E-state index contributed by atoms with van der Waals surface area (Å²) in [4.78, 5) is 0. The quantitative estimate of drug-likeness (QED) is 0.577. The highest BCUT2D eigenvalue weighted by Crippen LogP contribution is 2.13. The highest BCUT2D eigenvalue weighted by atomic mass is 14.9. The van der Waals surface area contributed by atoms with Gasteiger partial charge in [-0.3, -0.25) is 0 Å². The average Bonchev–Trinajstić information content (AvgIpc) is 2.21. The monoisotopic (exact) mass is 196 g/mol. The van der Waals surface area contributed by atoms with Crippen LogP contribution < -0.4 is 10.6 Å². The lowest BCUT2D eigenvalue weighted by Crippen LogP contribution is -2.33. The van der Waals surface area contributed by atoms with Crippen LogP contribution in [0.15, 0.2) is 12.2 Å². The number of nitrogens with one attached hydrogen (secondary N) is 2. The Balaban J connectivity index is 0.000000146. The van der Waals surface area contributed by atoms with E-state index in [1.54, 1.807) is 0 Å². The fourth-order valence-corrected chi connectivity index (χ4v) is 2.00. The van der Waals surface area contributed by atoms with Crippen molar-refractivity contribution < 1.29 is 0 Å². The Morgan fingerprint density at radius 2 is 1.71 bits per heavy atom. The fraction of sp³-hybridized carbons (Fsp3) is 0.833. The van der Waals surface area contributed by atoms with Crippen LogP contribution in [-0.4, -0.2) is 26.2 Å². The summed E-state index contributed by atoms with van der Waals surface area (Å²) >= 11 is 0.